The summed E-state index contributed by atoms with van der Waals surface area (Å²) < 4.78 is 2.60. The number of hydrogen-bond donors (Lipinski definition) is 2. The summed E-state index contributed by atoms with van der Waals surface area (Å²) in [6, 6.07) is 31.8. The lowest BCUT2D eigenvalue weighted by Crippen LogP contribution is -2.24. The molecule has 0 aliphatic rings. The zero-order valence-corrected chi connectivity index (χ0v) is 21.3. The van der Waals surface area contributed by atoms with Gasteiger partial charge in [0, 0.05) is 35.3 Å². The van der Waals surface area contributed by atoms with Gasteiger partial charge in [0.15, 0.2) is 0 Å². The molecule has 0 unspecified atom stereocenters. The first-order chi connectivity index (χ1) is 19.1. The Morgan fingerprint density at radius 3 is 2.05 bits per heavy atom. The molecule has 2 amide bonds. The van der Waals surface area contributed by atoms with Crippen LogP contribution >= 0.6 is 11.9 Å². The van der Waals surface area contributed by atoms with Gasteiger partial charge in [-0.3, -0.25) is 19.5 Å². The van der Waals surface area contributed by atoms with E-state index < -0.39 is 6.03 Å². The van der Waals surface area contributed by atoms with Gasteiger partial charge in [-0.15, -0.1) is 0 Å². The standard InChI is InChI=1S/C32H20N4O2S/c37-31(24-10-11-29-30(18-24)34-13-12-33-29)39-36-32(38)35-28-7-3-6-21-16-26-23(17-27(21)28)9-8-22-14-19-4-1-2-5-20(19)15-25(22)26/h1-18H,(H2,35,36,38). The maximum Gasteiger partial charge on any atom is 0.329 e. The molecule has 0 atom stereocenters. The Morgan fingerprint density at radius 2 is 1.23 bits per heavy atom. The van der Waals surface area contributed by atoms with Crippen LogP contribution in [0.2, 0.25) is 0 Å². The minimum Gasteiger partial charge on any atom is -0.307 e. The highest BCUT2D eigenvalue weighted by atomic mass is 32.2. The molecule has 7 aromatic rings. The van der Waals surface area contributed by atoms with Crippen LogP contribution in [0.15, 0.2) is 109 Å². The summed E-state index contributed by atoms with van der Waals surface area (Å²) in [5.74, 6) is 0. The van der Waals surface area contributed by atoms with Gasteiger partial charge in [0.1, 0.15) is 0 Å². The van der Waals surface area contributed by atoms with E-state index in [1.165, 1.54) is 21.5 Å². The number of benzene rings is 6. The maximum atomic E-state index is 12.7. The predicted molar refractivity (Wildman–Crippen MR) is 160 cm³/mol. The predicted octanol–water partition coefficient (Wildman–Crippen LogP) is 7.85. The summed E-state index contributed by atoms with van der Waals surface area (Å²) in [5.41, 5.74) is 2.43. The number of hydrogen-bond acceptors (Lipinski definition) is 5. The van der Waals surface area contributed by atoms with Gasteiger partial charge < -0.3 is 5.32 Å². The fraction of sp³-hybridized carbons (Fsp3) is 0. The van der Waals surface area contributed by atoms with E-state index in [-0.39, 0.29) is 5.12 Å². The van der Waals surface area contributed by atoms with E-state index in [2.05, 4.69) is 80.7 Å². The summed E-state index contributed by atoms with van der Waals surface area (Å²) in [6.45, 7) is 0. The van der Waals surface area contributed by atoms with E-state index in [9.17, 15) is 9.59 Å². The van der Waals surface area contributed by atoms with Gasteiger partial charge in [-0.25, -0.2) is 4.79 Å². The molecule has 6 nitrogen and oxygen atoms in total. The summed E-state index contributed by atoms with van der Waals surface area (Å²) in [5, 5.41) is 11.6. The van der Waals surface area contributed by atoms with Crippen molar-refractivity contribution < 1.29 is 9.59 Å². The molecule has 186 valence electrons. The molecule has 0 bridgehead atoms. The van der Waals surface area contributed by atoms with Crippen molar-refractivity contribution in [2.75, 3.05) is 5.32 Å². The largest absolute Gasteiger partial charge is 0.329 e. The van der Waals surface area contributed by atoms with E-state index in [4.69, 9.17) is 0 Å². The fourth-order valence-electron chi connectivity index (χ4n) is 5.02. The second-order valence-corrected chi connectivity index (χ2v) is 10.1. The van der Waals surface area contributed by atoms with Crippen molar-refractivity contribution >= 4 is 82.9 Å². The van der Waals surface area contributed by atoms with Crippen LogP contribution in [0.3, 0.4) is 0 Å². The molecule has 0 radical (unpaired) electrons. The van der Waals surface area contributed by atoms with E-state index in [1.807, 2.05) is 18.2 Å². The van der Waals surface area contributed by atoms with Crippen LogP contribution in [0.4, 0.5) is 10.5 Å². The zero-order valence-electron chi connectivity index (χ0n) is 20.5. The highest BCUT2D eigenvalue weighted by Crippen LogP contribution is 2.34. The second kappa shape index (κ2) is 9.38. The van der Waals surface area contributed by atoms with Gasteiger partial charge in [-0.05, 0) is 86.2 Å². The monoisotopic (exact) mass is 524 g/mol. The Morgan fingerprint density at radius 1 is 0.590 bits per heavy atom. The molecule has 0 saturated carbocycles. The van der Waals surface area contributed by atoms with Crippen molar-refractivity contribution in [2.24, 2.45) is 0 Å². The first-order valence-corrected chi connectivity index (χ1v) is 13.2. The van der Waals surface area contributed by atoms with Gasteiger partial charge in [0.25, 0.3) is 0 Å². The Balaban J connectivity index is 1.15. The molecular formula is C32H20N4O2S. The quantitative estimate of drug-likeness (QED) is 0.137. The van der Waals surface area contributed by atoms with E-state index in [1.54, 1.807) is 30.6 Å². The van der Waals surface area contributed by atoms with Gasteiger partial charge in [0.05, 0.1) is 16.7 Å². The molecule has 39 heavy (non-hydrogen) atoms. The summed E-state index contributed by atoms with van der Waals surface area (Å²) in [6.07, 6.45) is 3.18. The molecule has 0 aliphatic carbocycles. The Labute approximate surface area is 227 Å². The van der Waals surface area contributed by atoms with Crippen LogP contribution < -0.4 is 10.0 Å². The minimum absolute atomic E-state index is 0.291. The molecule has 7 heteroatoms. The summed E-state index contributed by atoms with van der Waals surface area (Å²) >= 11 is 0.727. The van der Waals surface area contributed by atoms with Crippen molar-refractivity contribution in [2.45, 2.75) is 0 Å². The van der Waals surface area contributed by atoms with Crippen LogP contribution in [0.1, 0.15) is 10.4 Å². The number of carbonyl (C=O) groups excluding carboxylic acids is 2. The third kappa shape index (κ3) is 4.28. The number of anilines is 1. The number of amides is 2. The van der Waals surface area contributed by atoms with Crippen molar-refractivity contribution in [1.29, 1.82) is 0 Å². The first kappa shape index (κ1) is 23.1. The minimum atomic E-state index is -0.480. The van der Waals surface area contributed by atoms with E-state index >= 15 is 0 Å². The van der Waals surface area contributed by atoms with Gasteiger partial charge in [-0.2, -0.15) is 0 Å². The topological polar surface area (TPSA) is 84.0 Å². The fourth-order valence-corrected chi connectivity index (χ4v) is 5.50. The van der Waals surface area contributed by atoms with Gasteiger partial charge >= 0.3 is 6.03 Å². The van der Waals surface area contributed by atoms with Crippen molar-refractivity contribution in [3.05, 3.63) is 115 Å². The molecule has 1 heterocycles. The van der Waals surface area contributed by atoms with Gasteiger partial charge in [0.2, 0.25) is 5.12 Å². The average molecular weight is 525 g/mol. The number of nitrogens with zero attached hydrogens (tertiary/aromatic N) is 2. The third-order valence-corrected chi connectivity index (χ3v) is 7.60. The average Bonchev–Trinajstić information content (AvgIpc) is 2.98. The zero-order chi connectivity index (χ0) is 26.3. The molecule has 7 rings (SSSR count). The molecule has 0 spiro atoms. The first-order valence-electron chi connectivity index (χ1n) is 12.4. The molecule has 1 aromatic heterocycles. The molecular weight excluding hydrogens is 504 g/mol. The molecule has 0 aliphatic heterocycles. The maximum absolute atomic E-state index is 12.7. The van der Waals surface area contributed by atoms with Crippen LogP contribution in [0.5, 0.6) is 0 Å². The van der Waals surface area contributed by atoms with E-state index in [0.717, 1.165) is 33.5 Å². The summed E-state index contributed by atoms with van der Waals surface area (Å²) in [7, 11) is 0. The third-order valence-electron chi connectivity index (χ3n) is 6.89. The number of nitrogens with one attached hydrogen (secondary N) is 2. The lowest BCUT2D eigenvalue weighted by atomic mass is 9.95. The highest BCUT2D eigenvalue weighted by molar-refractivity contribution is 8.12. The van der Waals surface area contributed by atoms with Crippen molar-refractivity contribution in [1.82, 2.24) is 14.7 Å². The SMILES string of the molecule is O=C(NSC(=O)c1ccc2nccnc2c1)Nc1cccc2cc3c(ccc4cc5ccccc5cc43)cc12. The molecule has 0 fully saturated rings. The van der Waals surface area contributed by atoms with Gasteiger partial charge in [-0.1, -0.05) is 48.5 Å². The number of carbonyl (C=O) groups is 2. The number of rotatable bonds is 2. The van der Waals surface area contributed by atoms with Crippen LogP contribution in [-0.4, -0.2) is 21.1 Å². The smallest absolute Gasteiger partial charge is 0.307 e. The van der Waals surface area contributed by atoms with Crippen LogP contribution in [-0.2, 0) is 0 Å². The normalized spacial score (nSPS) is 11.4. The van der Waals surface area contributed by atoms with Crippen LogP contribution in [0, 0.1) is 0 Å². The molecule has 6 aromatic carbocycles. The lowest BCUT2D eigenvalue weighted by Gasteiger charge is -2.12. The lowest BCUT2D eigenvalue weighted by molar-refractivity contribution is 0.108. The summed E-state index contributed by atoms with van der Waals surface area (Å²) in [4.78, 5) is 33.9. The Kier molecular flexibility index (Phi) is 5.56. The number of urea groups is 1. The number of aromatic nitrogens is 2. The molecule has 2 N–H and O–H groups in total. The molecule has 0 saturated heterocycles. The number of fused-ring (bicyclic) bond motifs is 6. The highest BCUT2D eigenvalue weighted by Gasteiger charge is 2.13. The Bertz CT molecular complexity index is 2110. The second-order valence-electron chi connectivity index (χ2n) is 9.29. The van der Waals surface area contributed by atoms with Crippen LogP contribution in [0.25, 0.3) is 54.1 Å². The van der Waals surface area contributed by atoms with Crippen molar-refractivity contribution in [3.63, 3.8) is 0 Å². The van der Waals surface area contributed by atoms with Crippen molar-refractivity contribution in [3.8, 4) is 0 Å². The Hall–Kier alpha value is -5.01. The van der Waals surface area contributed by atoms with E-state index in [0.29, 0.717) is 22.3 Å².